The second-order valence-corrected chi connectivity index (χ2v) is 8.74. The van der Waals surface area contributed by atoms with Crippen LogP contribution in [0.25, 0.3) is 0 Å². The molecule has 180 valence electrons. The van der Waals surface area contributed by atoms with E-state index in [0.29, 0.717) is 28.5 Å². The Bertz CT molecular complexity index is 1140. The number of fused-ring (bicyclic) bond motifs is 1. The molecule has 2 aliphatic rings. The Labute approximate surface area is 197 Å². The molecule has 2 aromatic rings. The number of carbonyl (C=O) groups is 1. The molecule has 1 fully saturated rings. The summed E-state index contributed by atoms with van der Waals surface area (Å²) < 4.78 is 5.48. The molecule has 0 saturated heterocycles. The first-order valence-electron chi connectivity index (χ1n) is 10.3. The third-order valence-corrected chi connectivity index (χ3v) is 6.71. The topological polar surface area (TPSA) is 164 Å². The maximum Gasteiger partial charge on any atom is 0.311 e. The molecular formula is C21H20ClN3O9. The highest BCUT2D eigenvalue weighted by Crippen LogP contribution is 2.52. The second kappa shape index (κ2) is 9.03. The lowest BCUT2D eigenvalue weighted by Gasteiger charge is -2.32. The summed E-state index contributed by atoms with van der Waals surface area (Å²) in [7, 11) is 0. The normalized spacial score (nSPS) is 24.3. The highest BCUT2D eigenvalue weighted by molar-refractivity contribution is 6.30. The number of pyridine rings is 1. The highest BCUT2D eigenvalue weighted by Gasteiger charge is 2.57. The average Bonchev–Trinajstić information content (AvgIpc) is 3.35. The highest BCUT2D eigenvalue weighted by atomic mass is 35.5. The molecule has 34 heavy (non-hydrogen) atoms. The molecule has 1 saturated carbocycles. The number of carboxylic acids is 1. The Kier molecular flexibility index (Phi) is 6.28. The smallest absolute Gasteiger partial charge is 0.311 e. The fourth-order valence-electron chi connectivity index (χ4n) is 5.12. The fourth-order valence-corrected chi connectivity index (χ4v) is 5.24. The number of benzene rings is 1. The molecule has 1 aliphatic carbocycles. The van der Waals surface area contributed by atoms with Crippen molar-refractivity contribution in [3.05, 3.63) is 83.7 Å². The van der Waals surface area contributed by atoms with E-state index in [0.717, 1.165) is 5.56 Å². The summed E-state index contributed by atoms with van der Waals surface area (Å²) >= 11 is 5.95. The van der Waals surface area contributed by atoms with Crippen LogP contribution in [0.1, 0.15) is 46.7 Å². The minimum Gasteiger partial charge on any atom is -0.481 e. The van der Waals surface area contributed by atoms with Gasteiger partial charge in [-0.15, -0.1) is 20.2 Å². The fraction of sp³-hybridized carbons (Fsp3) is 0.429. The molecule has 1 unspecified atom stereocenters. The molecule has 0 spiro atoms. The number of hydrogen-bond acceptors (Lipinski definition) is 9. The van der Waals surface area contributed by atoms with Gasteiger partial charge in [0.25, 0.3) is 10.2 Å². The number of aryl methyl sites for hydroxylation is 1. The standard InChI is InChI=1S/C21H20ClN3O9/c1-11-18(16-10-32-9-13(16)8-23-11)19(20(26)27)12-6-17(33-24(28)29)21(7-12,34-25(30)31)14-2-4-15(22)5-3-14/h2-5,8,12,17,19H,6-7,9-10H2,1H3,(H,26,27)/t12-,17-,19?,21+/m0/s1. The number of rotatable bonds is 8. The molecule has 1 aromatic carbocycles. The third-order valence-electron chi connectivity index (χ3n) is 6.45. The van der Waals surface area contributed by atoms with E-state index in [1.807, 2.05) is 0 Å². The number of carboxylic acid groups (broad SMARTS) is 1. The van der Waals surface area contributed by atoms with Crippen LogP contribution in [0.3, 0.4) is 0 Å². The van der Waals surface area contributed by atoms with Gasteiger partial charge in [-0.3, -0.25) is 9.78 Å². The predicted octanol–water partition coefficient (Wildman–Crippen LogP) is 3.33. The Morgan fingerprint density at radius 1 is 1.26 bits per heavy atom. The predicted molar refractivity (Wildman–Crippen MR) is 114 cm³/mol. The lowest BCUT2D eigenvalue weighted by Crippen LogP contribution is -2.42. The number of halogens is 1. The number of nitrogens with zero attached hydrogens (tertiary/aromatic N) is 3. The summed E-state index contributed by atoms with van der Waals surface area (Å²) in [6.07, 6.45) is -0.225. The Morgan fingerprint density at radius 2 is 1.97 bits per heavy atom. The zero-order valence-corrected chi connectivity index (χ0v) is 18.6. The molecule has 1 N–H and O–H groups in total. The summed E-state index contributed by atoms with van der Waals surface area (Å²) in [5, 5.41) is 31.3. The summed E-state index contributed by atoms with van der Waals surface area (Å²) in [5.41, 5.74) is 0.667. The zero-order chi connectivity index (χ0) is 24.6. The lowest BCUT2D eigenvalue weighted by molar-refractivity contribution is -0.811. The van der Waals surface area contributed by atoms with Crippen LogP contribution in [0.5, 0.6) is 0 Å². The van der Waals surface area contributed by atoms with Gasteiger partial charge in [0.1, 0.15) is 6.10 Å². The van der Waals surface area contributed by atoms with E-state index in [-0.39, 0.29) is 25.0 Å². The van der Waals surface area contributed by atoms with E-state index in [1.54, 1.807) is 13.1 Å². The van der Waals surface area contributed by atoms with Gasteiger partial charge in [0.2, 0.25) is 0 Å². The van der Waals surface area contributed by atoms with Crippen molar-refractivity contribution in [1.29, 1.82) is 0 Å². The van der Waals surface area contributed by atoms with Crippen molar-refractivity contribution in [3.8, 4) is 0 Å². The van der Waals surface area contributed by atoms with Crippen LogP contribution >= 0.6 is 11.6 Å². The first-order valence-corrected chi connectivity index (χ1v) is 10.7. The van der Waals surface area contributed by atoms with E-state index in [4.69, 9.17) is 26.0 Å². The number of hydrogen-bond donors (Lipinski definition) is 1. The van der Waals surface area contributed by atoms with Gasteiger partial charge in [-0.05, 0) is 54.5 Å². The largest absolute Gasteiger partial charge is 0.481 e. The van der Waals surface area contributed by atoms with Gasteiger partial charge >= 0.3 is 5.97 Å². The Hall–Kier alpha value is -3.51. The second-order valence-electron chi connectivity index (χ2n) is 8.30. The van der Waals surface area contributed by atoms with Gasteiger partial charge in [-0.1, -0.05) is 23.7 Å². The van der Waals surface area contributed by atoms with E-state index < -0.39 is 39.7 Å². The Morgan fingerprint density at radius 3 is 2.59 bits per heavy atom. The van der Waals surface area contributed by atoms with Crippen LogP contribution in [0.2, 0.25) is 5.02 Å². The van der Waals surface area contributed by atoms with Crippen molar-refractivity contribution in [2.24, 2.45) is 5.92 Å². The molecule has 0 bridgehead atoms. The molecule has 4 atom stereocenters. The molecule has 0 radical (unpaired) electrons. The van der Waals surface area contributed by atoms with Crippen molar-refractivity contribution in [2.45, 2.75) is 50.6 Å². The number of aromatic nitrogens is 1. The molecule has 1 aliphatic heterocycles. The van der Waals surface area contributed by atoms with Crippen LogP contribution < -0.4 is 0 Å². The number of aliphatic carboxylic acids is 1. The minimum absolute atomic E-state index is 0.182. The van der Waals surface area contributed by atoms with Crippen LogP contribution in [0.15, 0.2) is 30.5 Å². The van der Waals surface area contributed by atoms with Gasteiger partial charge in [-0.2, -0.15) is 0 Å². The Balaban J connectivity index is 1.84. The molecular weight excluding hydrogens is 474 g/mol. The quantitative estimate of drug-likeness (QED) is 0.425. The van der Waals surface area contributed by atoms with Gasteiger partial charge in [-0.25, -0.2) is 0 Å². The molecule has 0 amide bonds. The monoisotopic (exact) mass is 493 g/mol. The molecule has 2 heterocycles. The van der Waals surface area contributed by atoms with Crippen LogP contribution in [0, 0.1) is 33.1 Å². The summed E-state index contributed by atoms with van der Waals surface area (Å²) in [5.74, 6) is -3.18. The first-order chi connectivity index (χ1) is 16.1. The zero-order valence-electron chi connectivity index (χ0n) is 17.9. The van der Waals surface area contributed by atoms with Crippen molar-refractivity contribution in [1.82, 2.24) is 4.98 Å². The van der Waals surface area contributed by atoms with Crippen molar-refractivity contribution in [2.75, 3.05) is 0 Å². The van der Waals surface area contributed by atoms with Crippen LogP contribution in [0.4, 0.5) is 0 Å². The van der Waals surface area contributed by atoms with Gasteiger partial charge in [0.05, 0.1) is 19.1 Å². The van der Waals surface area contributed by atoms with Crippen molar-refractivity contribution in [3.63, 3.8) is 0 Å². The SMILES string of the molecule is Cc1ncc2c(c1C(C(=O)O)[C@H]1C[C@H](O[N+](=O)[O-])[C@](O[N+](=O)[O-])(c3ccc(Cl)cc3)C1)COC2. The first kappa shape index (κ1) is 23.6. The van der Waals surface area contributed by atoms with E-state index in [2.05, 4.69) is 4.98 Å². The minimum atomic E-state index is -1.92. The third kappa shape index (κ3) is 4.21. The lowest BCUT2D eigenvalue weighted by atomic mass is 9.80. The molecule has 1 aromatic heterocycles. The van der Waals surface area contributed by atoms with Gasteiger partial charge < -0.3 is 19.5 Å². The van der Waals surface area contributed by atoms with Crippen LogP contribution in [-0.4, -0.2) is 32.3 Å². The van der Waals surface area contributed by atoms with Gasteiger partial charge in [0.15, 0.2) is 5.60 Å². The summed E-state index contributed by atoms with van der Waals surface area (Å²) in [4.78, 5) is 49.6. The summed E-state index contributed by atoms with van der Waals surface area (Å²) in [6.45, 7) is 2.16. The van der Waals surface area contributed by atoms with E-state index in [9.17, 15) is 30.1 Å². The maximum atomic E-state index is 12.5. The van der Waals surface area contributed by atoms with Crippen molar-refractivity contribution < 1.29 is 34.5 Å². The van der Waals surface area contributed by atoms with Crippen LogP contribution in [-0.2, 0) is 38.0 Å². The average molecular weight is 494 g/mol. The van der Waals surface area contributed by atoms with E-state index >= 15 is 0 Å². The van der Waals surface area contributed by atoms with Crippen molar-refractivity contribution >= 4 is 17.6 Å². The summed E-state index contributed by atoms with van der Waals surface area (Å²) in [6, 6.07) is 5.81. The molecule has 12 nitrogen and oxygen atoms in total. The van der Waals surface area contributed by atoms with Gasteiger partial charge in [0, 0.05) is 22.5 Å². The number of ether oxygens (including phenoxy) is 1. The molecule has 13 heteroatoms. The maximum absolute atomic E-state index is 12.5. The molecule has 4 rings (SSSR count). The van der Waals surface area contributed by atoms with E-state index in [1.165, 1.54) is 24.3 Å².